The number of para-hydroxylation sites is 1. The molecule has 1 aromatic carbocycles. The lowest BCUT2D eigenvalue weighted by Crippen LogP contribution is -2.09. The predicted molar refractivity (Wildman–Crippen MR) is 63.9 cm³/mol. The van der Waals surface area contributed by atoms with Crippen LogP contribution in [-0.4, -0.2) is 15.7 Å². The van der Waals surface area contributed by atoms with Crippen molar-refractivity contribution in [2.75, 3.05) is 0 Å². The van der Waals surface area contributed by atoms with Gasteiger partial charge in [-0.05, 0) is 12.5 Å². The molecule has 0 aliphatic carbocycles. The summed E-state index contributed by atoms with van der Waals surface area (Å²) in [6, 6.07) is 6.27. The van der Waals surface area contributed by atoms with E-state index in [9.17, 15) is 23.3 Å². The van der Waals surface area contributed by atoms with Gasteiger partial charge in [0, 0.05) is 30.6 Å². The molecule has 0 saturated carbocycles. The van der Waals surface area contributed by atoms with Gasteiger partial charge in [-0.2, -0.15) is 13.2 Å². The zero-order valence-corrected chi connectivity index (χ0v) is 9.85. The fourth-order valence-corrected chi connectivity index (χ4v) is 2.02. The fraction of sp³-hybridized carbons (Fsp3) is 0.333. The highest BCUT2D eigenvalue weighted by molar-refractivity contribution is 5.88. The smallest absolute Gasteiger partial charge is 0.342 e. The first-order valence-corrected chi connectivity index (χ1v) is 5.67. The maximum atomic E-state index is 12.1. The molecule has 2 aromatic rings. The van der Waals surface area contributed by atoms with Crippen LogP contribution in [0.5, 0.6) is 0 Å². The largest absolute Gasteiger partial charge is 0.389 e. The Morgan fingerprint density at radius 2 is 2.00 bits per heavy atom. The normalized spacial score (nSPS) is 11.9. The van der Waals surface area contributed by atoms with E-state index in [4.69, 9.17) is 0 Å². The summed E-state index contributed by atoms with van der Waals surface area (Å²) in [4.78, 5) is 10.4. The van der Waals surface area contributed by atoms with Crippen molar-refractivity contribution in [3.8, 4) is 0 Å². The minimum Gasteiger partial charge on any atom is -0.342 e. The first-order valence-electron chi connectivity index (χ1n) is 5.67. The first kappa shape index (κ1) is 13.4. The number of benzene rings is 1. The lowest BCUT2D eigenvalue weighted by Gasteiger charge is -2.08. The van der Waals surface area contributed by atoms with E-state index in [1.807, 2.05) is 0 Å². The summed E-state index contributed by atoms with van der Waals surface area (Å²) in [6.07, 6.45) is -3.62. The standard InChI is InChI=1S/C12H11F3N2O2/c13-12(14,15)6-2-7-16-8-5-9-3-1-4-10(11(9)16)17(18)19/h1,3-5,8H,2,6-7H2. The summed E-state index contributed by atoms with van der Waals surface area (Å²) in [6.45, 7) is 0.105. The van der Waals surface area contributed by atoms with E-state index in [1.54, 1.807) is 24.4 Å². The van der Waals surface area contributed by atoms with Crippen LogP contribution in [0.1, 0.15) is 12.8 Å². The van der Waals surface area contributed by atoms with Crippen LogP contribution in [0.2, 0.25) is 0 Å². The van der Waals surface area contributed by atoms with Gasteiger partial charge in [-0.15, -0.1) is 0 Å². The molecule has 0 bridgehead atoms. The SMILES string of the molecule is O=[N+]([O-])c1cccc2ccn(CCCC(F)(F)F)c12. The quantitative estimate of drug-likeness (QED) is 0.626. The summed E-state index contributed by atoms with van der Waals surface area (Å²) >= 11 is 0. The Bertz CT molecular complexity index is 605. The molecule has 19 heavy (non-hydrogen) atoms. The van der Waals surface area contributed by atoms with Crippen LogP contribution in [0.15, 0.2) is 30.5 Å². The van der Waals surface area contributed by atoms with Gasteiger partial charge in [0.05, 0.1) is 4.92 Å². The highest BCUT2D eigenvalue weighted by atomic mass is 19.4. The van der Waals surface area contributed by atoms with Gasteiger partial charge >= 0.3 is 6.18 Å². The highest BCUT2D eigenvalue weighted by Crippen LogP contribution is 2.28. The van der Waals surface area contributed by atoms with Gasteiger partial charge < -0.3 is 4.57 Å². The van der Waals surface area contributed by atoms with Crippen LogP contribution in [0.3, 0.4) is 0 Å². The molecule has 4 nitrogen and oxygen atoms in total. The molecule has 0 N–H and O–H groups in total. The van der Waals surface area contributed by atoms with E-state index in [2.05, 4.69) is 0 Å². The molecule has 1 heterocycles. The zero-order chi connectivity index (χ0) is 14.0. The molecular weight excluding hydrogens is 261 g/mol. The molecule has 2 rings (SSSR count). The Labute approximate surface area is 106 Å². The van der Waals surface area contributed by atoms with Gasteiger partial charge in [-0.25, -0.2) is 0 Å². The molecule has 0 amide bonds. The molecule has 0 radical (unpaired) electrons. The maximum absolute atomic E-state index is 12.1. The third-order valence-corrected chi connectivity index (χ3v) is 2.82. The average molecular weight is 272 g/mol. The van der Waals surface area contributed by atoms with Crippen molar-refractivity contribution in [3.05, 3.63) is 40.6 Å². The van der Waals surface area contributed by atoms with Gasteiger partial charge in [0.25, 0.3) is 5.69 Å². The molecule has 0 atom stereocenters. The van der Waals surface area contributed by atoms with Crippen molar-refractivity contribution >= 4 is 16.6 Å². The van der Waals surface area contributed by atoms with Gasteiger partial charge in [-0.1, -0.05) is 12.1 Å². The Kier molecular flexibility index (Phi) is 3.46. The number of nitro benzene ring substituents is 1. The number of fused-ring (bicyclic) bond motifs is 1. The Balaban J connectivity index is 2.26. The molecule has 7 heteroatoms. The van der Waals surface area contributed by atoms with Crippen molar-refractivity contribution in [2.45, 2.75) is 25.6 Å². The molecule has 0 aliphatic heterocycles. The van der Waals surface area contributed by atoms with Crippen molar-refractivity contribution in [2.24, 2.45) is 0 Å². The second kappa shape index (κ2) is 4.91. The van der Waals surface area contributed by atoms with Crippen molar-refractivity contribution in [1.82, 2.24) is 4.57 Å². The lowest BCUT2D eigenvalue weighted by atomic mass is 10.2. The van der Waals surface area contributed by atoms with E-state index in [0.717, 1.165) is 0 Å². The molecular formula is C12H11F3N2O2. The first-order chi connectivity index (χ1) is 8.88. The van der Waals surface area contributed by atoms with Crippen LogP contribution in [0.25, 0.3) is 10.9 Å². The highest BCUT2D eigenvalue weighted by Gasteiger charge is 2.26. The van der Waals surface area contributed by atoms with E-state index in [1.165, 1.54) is 10.6 Å². The van der Waals surface area contributed by atoms with Gasteiger partial charge in [0.15, 0.2) is 0 Å². The second-order valence-corrected chi connectivity index (χ2v) is 4.20. The van der Waals surface area contributed by atoms with Crippen molar-refractivity contribution in [3.63, 3.8) is 0 Å². The second-order valence-electron chi connectivity index (χ2n) is 4.20. The number of rotatable bonds is 4. The third-order valence-electron chi connectivity index (χ3n) is 2.82. The van der Waals surface area contributed by atoms with Crippen LogP contribution in [0, 0.1) is 10.1 Å². The topological polar surface area (TPSA) is 48.1 Å². The van der Waals surface area contributed by atoms with Crippen LogP contribution in [0.4, 0.5) is 18.9 Å². The number of aryl methyl sites for hydroxylation is 1. The van der Waals surface area contributed by atoms with Crippen molar-refractivity contribution in [1.29, 1.82) is 0 Å². The Morgan fingerprint density at radius 1 is 1.26 bits per heavy atom. The van der Waals surface area contributed by atoms with Crippen LogP contribution < -0.4 is 0 Å². The lowest BCUT2D eigenvalue weighted by molar-refractivity contribution is -0.383. The molecule has 0 unspecified atom stereocenters. The third kappa shape index (κ3) is 3.04. The summed E-state index contributed by atoms with van der Waals surface area (Å²) in [7, 11) is 0. The number of non-ortho nitro benzene ring substituents is 1. The zero-order valence-electron chi connectivity index (χ0n) is 9.85. The number of hydrogen-bond acceptors (Lipinski definition) is 2. The fourth-order valence-electron chi connectivity index (χ4n) is 2.02. The number of aromatic nitrogens is 1. The number of nitro groups is 1. The van der Waals surface area contributed by atoms with Crippen LogP contribution in [-0.2, 0) is 6.54 Å². The molecule has 0 fully saturated rings. The summed E-state index contributed by atoms with van der Waals surface area (Å²) in [5.74, 6) is 0. The van der Waals surface area contributed by atoms with Gasteiger partial charge in [-0.3, -0.25) is 10.1 Å². The summed E-state index contributed by atoms with van der Waals surface area (Å²) < 4.78 is 37.8. The van der Waals surface area contributed by atoms with Gasteiger partial charge in [0.2, 0.25) is 0 Å². The van der Waals surface area contributed by atoms with E-state index >= 15 is 0 Å². The van der Waals surface area contributed by atoms with Crippen LogP contribution >= 0.6 is 0 Å². The monoisotopic (exact) mass is 272 g/mol. The number of nitrogens with zero attached hydrogens (tertiary/aromatic N) is 2. The molecule has 102 valence electrons. The Morgan fingerprint density at radius 3 is 2.63 bits per heavy atom. The average Bonchev–Trinajstić information content (AvgIpc) is 2.70. The number of halogens is 3. The van der Waals surface area contributed by atoms with E-state index in [0.29, 0.717) is 10.9 Å². The maximum Gasteiger partial charge on any atom is 0.389 e. The van der Waals surface area contributed by atoms with E-state index < -0.39 is 17.5 Å². The predicted octanol–water partition coefficient (Wildman–Crippen LogP) is 3.89. The summed E-state index contributed by atoms with van der Waals surface area (Å²) in [5.41, 5.74) is 0.282. The van der Waals surface area contributed by atoms with Crippen molar-refractivity contribution < 1.29 is 18.1 Å². The summed E-state index contributed by atoms with van der Waals surface area (Å²) in [5, 5.41) is 11.6. The molecule has 0 saturated heterocycles. The molecule has 1 aromatic heterocycles. The van der Waals surface area contributed by atoms with E-state index in [-0.39, 0.29) is 18.7 Å². The van der Waals surface area contributed by atoms with Gasteiger partial charge in [0.1, 0.15) is 5.52 Å². The Hall–Kier alpha value is -2.05. The minimum absolute atomic E-state index is 0.0884. The number of alkyl halides is 3. The molecule has 0 aliphatic rings. The molecule has 0 spiro atoms. The number of hydrogen-bond donors (Lipinski definition) is 0. The minimum atomic E-state index is -4.20.